The van der Waals surface area contributed by atoms with Crippen LogP contribution in [-0.2, 0) is 11.2 Å². The van der Waals surface area contributed by atoms with E-state index < -0.39 is 17.3 Å². The molecule has 1 aliphatic heterocycles. The van der Waals surface area contributed by atoms with Crippen molar-refractivity contribution >= 4 is 5.78 Å². The van der Waals surface area contributed by atoms with Crippen molar-refractivity contribution in [3.05, 3.63) is 64.7 Å². The molecule has 1 aliphatic rings. The van der Waals surface area contributed by atoms with Crippen molar-refractivity contribution < 1.29 is 24.9 Å². The molecule has 2 atom stereocenters. The van der Waals surface area contributed by atoms with E-state index >= 15 is 0 Å². The van der Waals surface area contributed by atoms with Gasteiger partial charge in [0.25, 0.3) is 0 Å². The average Bonchev–Trinajstić information content (AvgIpc) is 3.28. The predicted molar refractivity (Wildman–Crippen MR) is 107 cm³/mol. The molecular weight excluding hydrogens is 356 g/mol. The lowest BCUT2D eigenvalue weighted by molar-refractivity contribution is 0.103. The number of allylic oxidation sites excluding steroid dienone is 2. The maximum atomic E-state index is 12.7. The minimum absolute atomic E-state index is 0.168. The summed E-state index contributed by atoms with van der Waals surface area (Å²) in [4.78, 5) is 12.7. The van der Waals surface area contributed by atoms with E-state index in [1.165, 1.54) is 5.57 Å². The zero-order chi connectivity index (χ0) is 20.5. The number of ketones is 1. The second-order valence-corrected chi connectivity index (χ2v) is 7.76. The van der Waals surface area contributed by atoms with Gasteiger partial charge in [0.2, 0.25) is 5.78 Å². The van der Waals surface area contributed by atoms with Crippen molar-refractivity contribution in [3.63, 3.8) is 0 Å². The molecule has 5 nitrogen and oxygen atoms in total. The summed E-state index contributed by atoms with van der Waals surface area (Å²) in [6.45, 7) is 6.10. The Morgan fingerprint density at radius 3 is 2.46 bits per heavy atom. The van der Waals surface area contributed by atoms with Crippen molar-refractivity contribution in [2.45, 2.75) is 51.7 Å². The normalized spacial score (nSPS) is 20.6. The van der Waals surface area contributed by atoms with Gasteiger partial charge in [-0.3, -0.25) is 4.79 Å². The minimum Gasteiger partial charge on any atom is -0.507 e. The van der Waals surface area contributed by atoms with Crippen LogP contribution in [0.3, 0.4) is 0 Å². The Morgan fingerprint density at radius 2 is 1.82 bits per heavy atom. The van der Waals surface area contributed by atoms with Gasteiger partial charge < -0.3 is 20.1 Å². The zero-order valence-electron chi connectivity index (χ0n) is 16.4. The van der Waals surface area contributed by atoms with E-state index in [1.54, 1.807) is 30.3 Å². The molecule has 1 heterocycles. The SMILES string of the molecule is CC(C)=CCCC1(C)OC1Cc1c(O)cc(O)c(C(=O)c2ccccc2)c1O. The lowest BCUT2D eigenvalue weighted by atomic mass is 9.92. The first-order valence-electron chi connectivity index (χ1n) is 9.40. The van der Waals surface area contributed by atoms with Gasteiger partial charge in [-0.25, -0.2) is 0 Å². The Kier molecular flexibility index (Phi) is 5.47. The van der Waals surface area contributed by atoms with E-state index in [1.807, 2.05) is 20.8 Å². The van der Waals surface area contributed by atoms with Gasteiger partial charge in [-0.2, -0.15) is 0 Å². The van der Waals surface area contributed by atoms with Gasteiger partial charge in [0.05, 0.1) is 11.7 Å². The third-order valence-electron chi connectivity index (χ3n) is 5.24. The van der Waals surface area contributed by atoms with Crippen LogP contribution in [-0.4, -0.2) is 32.8 Å². The predicted octanol–water partition coefficient (Wildman–Crippen LogP) is 4.48. The molecule has 28 heavy (non-hydrogen) atoms. The molecule has 3 N–H and O–H groups in total. The van der Waals surface area contributed by atoms with Gasteiger partial charge in [-0.15, -0.1) is 0 Å². The Morgan fingerprint density at radius 1 is 1.14 bits per heavy atom. The molecule has 0 bridgehead atoms. The quantitative estimate of drug-likeness (QED) is 0.373. The Hall–Kier alpha value is -2.79. The highest BCUT2D eigenvalue weighted by molar-refractivity contribution is 6.12. The van der Waals surface area contributed by atoms with Gasteiger partial charge in [0, 0.05) is 23.6 Å². The standard InChI is InChI=1S/C23H26O5/c1-14(2)8-7-11-23(3)19(28-23)12-16-17(24)13-18(25)20(22(16)27)21(26)15-9-5-4-6-10-15/h4-6,8-10,13,19,24-25,27H,7,11-12H2,1-3H3. The molecule has 2 aromatic carbocycles. The lowest BCUT2D eigenvalue weighted by Gasteiger charge is -2.13. The summed E-state index contributed by atoms with van der Waals surface area (Å²) in [5.41, 5.74) is 1.28. The second kappa shape index (κ2) is 7.68. The number of ether oxygens (including phenoxy) is 1. The van der Waals surface area contributed by atoms with Crippen LogP contribution in [0.15, 0.2) is 48.0 Å². The monoisotopic (exact) mass is 382 g/mol. The molecule has 1 saturated heterocycles. The van der Waals surface area contributed by atoms with Crippen molar-refractivity contribution in [3.8, 4) is 17.2 Å². The number of phenolic OH excluding ortho intramolecular Hbond substituents is 3. The van der Waals surface area contributed by atoms with Crippen molar-refractivity contribution in [1.82, 2.24) is 0 Å². The summed E-state index contributed by atoms with van der Waals surface area (Å²) in [5.74, 6) is -1.59. The number of epoxide rings is 1. The summed E-state index contributed by atoms with van der Waals surface area (Å²) in [6.07, 6.45) is 3.96. The summed E-state index contributed by atoms with van der Waals surface area (Å²) in [6, 6.07) is 9.51. The molecule has 3 rings (SSSR count). The average molecular weight is 382 g/mol. The Labute approximate surface area is 164 Å². The summed E-state index contributed by atoms with van der Waals surface area (Å²) < 4.78 is 5.82. The van der Waals surface area contributed by atoms with Crippen LogP contribution in [0, 0.1) is 0 Å². The number of carbonyl (C=O) groups excluding carboxylic acids is 1. The molecule has 0 amide bonds. The van der Waals surface area contributed by atoms with Crippen molar-refractivity contribution in [1.29, 1.82) is 0 Å². The second-order valence-electron chi connectivity index (χ2n) is 7.76. The van der Waals surface area contributed by atoms with Gasteiger partial charge in [-0.05, 0) is 33.6 Å². The number of aromatic hydroxyl groups is 3. The highest BCUT2D eigenvalue weighted by Gasteiger charge is 2.51. The Bertz CT molecular complexity index is 912. The molecule has 2 unspecified atom stereocenters. The van der Waals surface area contributed by atoms with E-state index in [0.717, 1.165) is 18.9 Å². The number of hydrogen-bond acceptors (Lipinski definition) is 5. The third kappa shape index (κ3) is 4.04. The molecule has 148 valence electrons. The van der Waals surface area contributed by atoms with E-state index in [9.17, 15) is 20.1 Å². The van der Waals surface area contributed by atoms with Gasteiger partial charge in [-0.1, -0.05) is 42.0 Å². The van der Waals surface area contributed by atoms with Crippen LogP contribution in [0.2, 0.25) is 0 Å². The fraction of sp³-hybridized carbons (Fsp3) is 0.348. The first kappa shape index (κ1) is 20.0. The molecular formula is C23H26O5. The van der Waals surface area contributed by atoms with Gasteiger partial charge >= 0.3 is 0 Å². The lowest BCUT2D eigenvalue weighted by Crippen LogP contribution is -2.12. The topological polar surface area (TPSA) is 90.3 Å². The van der Waals surface area contributed by atoms with E-state index in [2.05, 4.69) is 6.08 Å². The smallest absolute Gasteiger partial charge is 0.200 e. The number of benzene rings is 2. The molecule has 2 aromatic rings. The first-order chi connectivity index (χ1) is 13.2. The third-order valence-corrected chi connectivity index (χ3v) is 5.24. The van der Waals surface area contributed by atoms with Crippen molar-refractivity contribution in [2.24, 2.45) is 0 Å². The van der Waals surface area contributed by atoms with Crippen LogP contribution in [0.1, 0.15) is 55.1 Å². The molecule has 0 aliphatic carbocycles. The van der Waals surface area contributed by atoms with E-state index in [4.69, 9.17) is 4.74 Å². The maximum Gasteiger partial charge on any atom is 0.200 e. The van der Waals surface area contributed by atoms with Crippen LogP contribution < -0.4 is 0 Å². The highest BCUT2D eigenvalue weighted by Crippen LogP contribution is 2.46. The Balaban J connectivity index is 1.83. The summed E-state index contributed by atoms with van der Waals surface area (Å²) in [7, 11) is 0. The number of hydrogen-bond donors (Lipinski definition) is 3. The molecule has 1 fully saturated rings. The summed E-state index contributed by atoms with van der Waals surface area (Å²) >= 11 is 0. The molecule has 0 aromatic heterocycles. The summed E-state index contributed by atoms with van der Waals surface area (Å²) in [5, 5.41) is 31.1. The van der Waals surface area contributed by atoms with E-state index in [0.29, 0.717) is 5.56 Å². The van der Waals surface area contributed by atoms with Crippen molar-refractivity contribution in [2.75, 3.05) is 0 Å². The first-order valence-corrected chi connectivity index (χ1v) is 9.40. The molecule has 5 heteroatoms. The van der Waals surface area contributed by atoms with E-state index in [-0.39, 0.29) is 35.0 Å². The molecule has 0 radical (unpaired) electrons. The highest BCUT2D eigenvalue weighted by atomic mass is 16.6. The number of phenols is 3. The molecule has 0 saturated carbocycles. The van der Waals surface area contributed by atoms with Crippen LogP contribution >= 0.6 is 0 Å². The van der Waals surface area contributed by atoms with Crippen LogP contribution in [0.4, 0.5) is 0 Å². The van der Waals surface area contributed by atoms with Gasteiger partial charge in [0.1, 0.15) is 22.8 Å². The van der Waals surface area contributed by atoms with Crippen LogP contribution in [0.25, 0.3) is 0 Å². The number of rotatable bonds is 7. The van der Waals surface area contributed by atoms with Crippen LogP contribution in [0.5, 0.6) is 17.2 Å². The largest absolute Gasteiger partial charge is 0.507 e. The fourth-order valence-corrected chi connectivity index (χ4v) is 3.44. The zero-order valence-corrected chi connectivity index (χ0v) is 16.4. The minimum atomic E-state index is -0.500. The fourth-order valence-electron chi connectivity index (χ4n) is 3.44. The number of carbonyl (C=O) groups is 1. The maximum absolute atomic E-state index is 12.7. The molecule has 0 spiro atoms. The van der Waals surface area contributed by atoms with Gasteiger partial charge in [0.15, 0.2) is 0 Å².